The van der Waals surface area contributed by atoms with Crippen molar-refractivity contribution in [3.05, 3.63) is 29.8 Å². The van der Waals surface area contributed by atoms with Gasteiger partial charge in [0.25, 0.3) is 0 Å². The lowest BCUT2D eigenvalue weighted by Gasteiger charge is -2.23. The molecule has 0 radical (unpaired) electrons. The molecule has 0 saturated heterocycles. The second-order valence-corrected chi connectivity index (χ2v) is 6.92. The van der Waals surface area contributed by atoms with Gasteiger partial charge in [-0.3, -0.25) is 0 Å². The summed E-state index contributed by atoms with van der Waals surface area (Å²) in [5, 5.41) is 13.6. The highest BCUT2D eigenvalue weighted by Gasteiger charge is 2.16. The van der Waals surface area contributed by atoms with Crippen molar-refractivity contribution in [2.24, 2.45) is 5.92 Å². The van der Waals surface area contributed by atoms with Gasteiger partial charge in [0.05, 0.1) is 6.10 Å². The van der Waals surface area contributed by atoms with Crippen molar-refractivity contribution in [3.8, 4) is 0 Å². The quantitative estimate of drug-likeness (QED) is 0.745. The number of hydrogen-bond donors (Lipinski definition) is 2. The molecule has 0 aliphatic heterocycles. The minimum atomic E-state index is -0.452. The van der Waals surface area contributed by atoms with E-state index in [1.165, 1.54) is 4.90 Å². The van der Waals surface area contributed by atoms with Gasteiger partial charge in [0.15, 0.2) is 0 Å². The van der Waals surface area contributed by atoms with Gasteiger partial charge in [0.1, 0.15) is 0 Å². The Balaban J connectivity index is 2.59. The van der Waals surface area contributed by atoms with E-state index >= 15 is 0 Å². The molecule has 108 valence electrons. The fraction of sp³-hybridized carbons (Fsp3) is 0.625. The van der Waals surface area contributed by atoms with Crippen LogP contribution in [-0.4, -0.2) is 22.9 Å². The van der Waals surface area contributed by atoms with E-state index in [9.17, 15) is 5.11 Å². The SMILES string of the molecule is CC(C)CSc1ccc(C(O)C(C)NC(C)C)cc1. The predicted octanol–water partition coefficient (Wildman–Crippen LogP) is 3.85. The Morgan fingerprint density at radius 1 is 1.05 bits per heavy atom. The van der Waals surface area contributed by atoms with Crippen molar-refractivity contribution in [1.29, 1.82) is 0 Å². The van der Waals surface area contributed by atoms with Crippen LogP contribution in [0.2, 0.25) is 0 Å². The summed E-state index contributed by atoms with van der Waals surface area (Å²) >= 11 is 1.87. The fourth-order valence-corrected chi connectivity index (χ4v) is 2.78. The molecule has 19 heavy (non-hydrogen) atoms. The van der Waals surface area contributed by atoms with E-state index < -0.39 is 6.10 Å². The number of aliphatic hydroxyl groups excluding tert-OH is 1. The van der Waals surface area contributed by atoms with E-state index in [2.05, 4.69) is 45.1 Å². The van der Waals surface area contributed by atoms with E-state index in [0.29, 0.717) is 12.0 Å². The lowest BCUT2D eigenvalue weighted by Crippen LogP contribution is -2.36. The molecule has 0 bridgehead atoms. The molecule has 0 amide bonds. The molecule has 0 aliphatic rings. The maximum Gasteiger partial charge on any atom is 0.0940 e. The number of benzene rings is 1. The molecule has 1 rings (SSSR count). The van der Waals surface area contributed by atoms with Gasteiger partial charge < -0.3 is 10.4 Å². The summed E-state index contributed by atoms with van der Waals surface area (Å²) in [5.74, 6) is 1.83. The molecule has 0 fully saturated rings. The predicted molar refractivity (Wildman–Crippen MR) is 84.7 cm³/mol. The maximum absolute atomic E-state index is 10.3. The number of nitrogens with one attached hydrogen (secondary N) is 1. The van der Waals surface area contributed by atoms with Crippen LogP contribution in [0.1, 0.15) is 46.3 Å². The zero-order valence-corrected chi connectivity index (χ0v) is 13.5. The normalized spacial score (nSPS) is 14.9. The smallest absolute Gasteiger partial charge is 0.0940 e. The molecule has 2 nitrogen and oxygen atoms in total. The zero-order chi connectivity index (χ0) is 14.4. The van der Waals surface area contributed by atoms with Crippen molar-refractivity contribution < 1.29 is 5.11 Å². The molecule has 2 N–H and O–H groups in total. The zero-order valence-electron chi connectivity index (χ0n) is 12.7. The van der Waals surface area contributed by atoms with Crippen LogP contribution in [0.15, 0.2) is 29.2 Å². The van der Waals surface area contributed by atoms with Crippen LogP contribution >= 0.6 is 11.8 Å². The summed E-state index contributed by atoms with van der Waals surface area (Å²) in [5.41, 5.74) is 0.981. The Morgan fingerprint density at radius 3 is 2.11 bits per heavy atom. The molecule has 0 saturated carbocycles. The lowest BCUT2D eigenvalue weighted by molar-refractivity contribution is 0.131. The summed E-state index contributed by atoms with van der Waals surface area (Å²) in [6.07, 6.45) is -0.452. The fourth-order valence-electron chi connectivity index (χ4n) is 1.93. The average Bonchev–Trinajstić information content (AvgIpc) is 2.35. The third kappa shape index (κ3) is 5.98. The number of rotatable bonds is 7. The van der Waals surface area contributed by atoms with E-state index in [0.717, 1.165) is 11.3 Å². The highest BCUT2D eigenvalue weighted by atomic mass is 32.2. The molecule has 1 aromatic carbocycles. The van der Waals surface area contributed by atoms with Crippen LogP contribution in [0.4, 0.5) is 0 Å². The first-order valence-corrected chi connectivity index (χ1v) is 8.05. The first-order valence-electron chi connectivity index (χ1n) is 7.07. The summed E-state index contributed by atoms with van der Waals surface area (Å²) in [4.78, 5) is 1.27. The highest BCUT2D eigenvalue weighted by Crippen LogP contribution is 2.24. The summed E-state index contributed by atoms with van der Waals surface area (Å²) in [7, 11) is 0. The number of aliphatic hydroxyl groups is 1. The summed E-state index contributed by atoms with van der Waals surface area (Å²) < 4.78 is 0. The van der Waals surface area contributed by atoms with Crippen LogP contribution < -0.4 is 5.32 Å². The van der Waals surface area contributed by atoms with Crippen molar-refractivity contribution >= 4 is 11.8 Å². The van der Waals surface area contributed by atoms with Crippen LogP contribution in [0.3, 0.4) is 0 Å². The maximum atomic E-state index is 10.3. The second-order valence-electron chi connectivity index (χ2n) is 5.83. The summed E-state index contributed by atoms with van der Waals surface area (Å²) in [6, 6.07) is 8.72. The van der Waals surface area contributed by atoms with E-state index in [1.54, 1.807) is 0 Å². The Labute approximate surface area is 122 Å². The van der Waals surface area contributed by atoms with Gasteiger partial charge in [-0.25, -0.2) is 0 Å². The minimum Gasteiger partial charge on any atom is -0.387 e. The van der Waals surface area contributed by atoms with Gasteiger partial charge in [-0.1, -0.05) is 39.8 Å². The van der Waals surface area contributed by atoms with Crippen molar-refractivity contribution in [2.75, 3.05) is 5.75 Å². The third-order valence-corrected chi connectivity index (χ3v) is 4.31. The van der Waals surface area contributed by atoms with Crippen LogP contribution in [0, 0.1) is 5.92 Å². The first-order chi connectivity index (χ1) is 8.90. The van der Waals surface area contributed by atoms with Crippen molar-refractivity contribution in [1.82, 2.24) is 5.32 Å². The Kier molecular flexibility index (Phi) is 6.90. The van der Waals surface area contributed by atoms with E-state index in [1.807, 2.05) is 30.8 Å². The topological polar surface area (TPSA) is 32.3 Å². The van der Waals surface area contributed by atoms with Gasteiger partial charge in [-0.15, -0.1) is 11.8 Å². The second kappa shape index (κ2) is 7.93. The molecule has 0 spiro atoms. The Hall–Kier alpha value is -0.510. The van der Waals surface area contributed by atoms with Gasteiger partial charge in [0.2, 0.25) is 0 Å². The van der Waals surface area contributed by atoms with Crippen LogP contribution in [0.25, 0.3) is 0 Å². The minimum absolute atomic E-state index is 0.0640. The van der Waals surface area contributed by atoms with Gasteiger partial charge in [-0.05, 0) is 30.5 Å². The van der Waals surface area contributed by atoms with Gasteiger partial charge in [0, 0.05) is 22.7 Å². The standard InChI is InChI=1S/C16H27NOS/c1-11(2)10-19-15-8-6-14(7-9-15)16(18)13(5)17-12(3)4/h6-9,11-13,16-18H,10H2,1-5H3. The Bertz CT molecular complexity index is 362. The van der Waals surface area contributed by atoms with Crippen molar-refractivity contribution in [3.63, 3.8) is 0 Å². The molecule has 1 aromatic rings. The van der Waals surface area contributed by atoms with Crippen LogP contribution in [0.5, 0.6) is 0 Å². The van der Waals surface area contributed by atoms with Crippen molar-refractivity contribution in [2.45, 2.75) is 57.7 Å². The molecule has 2 unspecified atom stereocenters. The van der Waals surface area contributed by atoms with Crippen LogP contribution in [-0.2, 0) is 0 Å². The van der Waals surface area contributed by atoms with E-state index in [4.69, 9.17) is 0 Å². The molecular formula is C16H27NOS. The molecule has 0 aliphatic carbocycles. The largest absolute Gasteiger partial charge is 0.387 e. The van der Waals surface area contributed by atoms with E-state index in [-0.39, 0.29) is 6.04 Å². The molecular weight excluding hydrogens is 254 g/mol. The lowest BCUT2D eigenvalue weighted by atomic mass is 10.0. The monoisotopic (exact) mass is 281 g/mol. The van der Waals surface area contributed by atoms with Gasteiger partial charge in [-0.2, -0.15) is 0 Å². The molecule has 0 heterocycles. The highest BCUT2D eigenvalue weighted by molar-refractivity contribution is 7.99. The number of thioether (sulfide) groups is 1. The number of hydrogen-bond acceptors (Lipinski definition) is 3. The molecule has 0 aromatic heterocycles. The first kappa shape index (κ1) is 16.5. The molecule has 2 atom stereocenters. The summed E-state index contributed by atoms with van der Waals surface area (Å²) in [6.45, 7) is 10.7. The Morgan fingerprint density at radius 2 is 1.63 bits per heavy atom. The third-order valence-electron chi connectivity index (χ3n) is 2.87. The molecule has 3 heteroatoms. The average molecular weight is 281 g/mol. The van der Waals surface area contributed by atoms with Gasteiger partial charge >= 0.3 is 0 Å².